The zero-order valence-corrected chi connectivity index (χ0v) is 14.9. The highest BCUT2D eigenvalue weighted by Gasteiger charge is 2.45. The number of morpholine rings is 1. The third kappa shape index (κ3) is 4.51. The molecule has 0 spiro atoms. The maximum atomic E-state index is 12.4. The van der Waals surface area contributed by atoms with Crippen molar-refractivity contribution in [3.05, 3.63) is 35.9 Å². The van der Waals surface area contributed by atoms with Gasteiger partial charge in [-0.2, -0.15) is 0 Å². The predicted octanol–water partition coefficient (Wildman–Crippen LogP) is 1.76. The van der Waals surface area contributed by atoms with Gasteiger partial charge in [-0.1, -0.05) is 44.2 Å². The Bertz CT molecular complexity index is 605. The van der Waals surface area contributed by atoms with Gasteiger partial charge in [0.25, 0.3) is 0 Å². The second kappa shape index (κ2) is 7.87. The Balaban J connectivity index is 1.51. The van der Waals surface area contributed by atoms with Gasteiger partial charge in [-0.3, -0.25) is 4.79 Å². The molecule has 2 aliphatic rings. The number of nitrogens with one attached hydrogen (secondary N) is 2. The molecule has 2 bridgehead atoms. The van der Waals surface area contributed by atoms with Crippen LogP contribution < -0.4 is 10.6 Å². The Hall–Kier alpha value is -2.08. The lowest BCUT2D eigenvalue weighted by molar-refractivity contribution is -0.127. The van der Waals surface area contributed by atoms with Crippen molar-refractivity contribution in [2.24, 2.45) is 11.8 Å². The number of urea groups is 1. The number of nitrogens with zero attached hydrogens (tertiary/aromatic N) is 1. The number of hydrogen-bond acceptors (Lipinski definition) is 3. The van der Waals surface area contributed by atoms with E-state index in [0.29, 0.717) is 38.5 Å². The molecule has 136 valence electrons. The zero-order valence-electron chi connectivity index (χ0n) is 14.9. The van der Waals surface area contributed by atoms with Gasteiger partial charge in [0.2, 0.25) is 5.91 Å². The van der Waals surface area contributed by atoms with E-state index in [1.807, 2.05) is 30.3 Å². The molecule has 0 radical (unpaired) electrons. The molecule has 0 unspecified atom stereocenters. The summed E-state index contributed by atoms with van der Waals surface area (Å²) in [7, 11) is 0. The highest BCUT2D eigenvalue weighted by Crippen LogP contribution is 2.32. The predicted molar refractivity (Wildman–Crippen MR) is 94.9 cm³/mol. The van der Waals surface area contributed by atoms with E-state index in [1.54, 1.807) is 4.90 Å². The van der Waals surface area contributed by atoms with Crippen LogP contribution in [-0.4, -0.2) is 48.7 Å². The van der Waals surface area contributed by atoms with Crippen LogP contribution in [0.1, 0.15) is 25.8 Å². The topological polar surface area (TPSA) is 70.7 Å². The molecule has 2 heterocycles. The summed E-state index contributed by atoms with van der Waals surface area (Å²) < 4.78 is 5.90. The maximum Gasteiger partial charge on any atom is 0.317 e. The number of benzene rings is 1. The largest absolute Gasteiger partial charge is 0.370 e. The Kier molecular flexibility index (Phi) is 5.58. The molecule has 2 N–H and O–H groups in total. The standard InChI is InChI=1S/C19H27N3O3/c1-13(2)9-20-18(23)16-8-15-11-22(12-17(16)25-15)19(24)21-10-14-6-4-3-5-7-14/h3-7,13,15-17H,8-12H2,1-2H3,(H,20,23)(H,21,24)/t15-,16+,17-/m1/s1. The first kappa shape index (κ1) is 17.7. The van der Waals surface area contributed by atoms with Crippen molar-refractivity contribution in [3.63, 3.8) is 0 Å². The van der Waals surface area contributed by atoms with Crippen LogP contribution in [0.4, 0.5) is 4.79 Å². The summed E-state index contributed by atoms with van der Waals surface area (Å²) in [5.74, 6) is 0.314. The molecule has 3 amide bonds. The molecule has 1 aromatic rings. The van der Waals surface area contributed by atoms with Crippen molar-refractivity contribution in [2.75, 3.05) is 19.6 Å². The van der Waals surface area contributed by atoms with Gasteiger partial charge >= 0.3 is 6.03 Å². The summed E-state index contributed by atoms with van der Waals surface area (Å²) in [4.78, 5) is 26.6. The number of amides is 3. The molecule has 0 aliphatic carbocycles. The number of rotatable bonds is 5. The fraction of sp³-hybridized carbons (Fsp3) is 0.579. The molecular weight excluding hydrogens is 318 g/mol. The molecule has 2 aliphatic heterocycles. The Labute approximate surface area is 148 Å². The van der Waals surface area contributed by atoms with Gasteiger partial charge in [0, 0.05) is 26.2 Å². The van der Waals surface area contributed by atoms with Gasteiger partial charge in [-0.15, -0.1) is 0 Å². The average molecular weight is 345 g/mol. The van der Waals surface area contributed by atoms with Crippen LogP contribution in [0.2, 0.25) is 0 Å². The van der Waals surface area contributed by atoms with Crippen LogP contribution in [-0.2, 0) is 16.1 Å². The number of hydrogen-bond donors (Lipinski definition) is 2. The summed E-state index contributed by atoms with van der Waals surface area (Å²) in [5, 5.41) is 5.94. The monoisotopic (exact) mass is 345 g/mol. The van der Waals surface area contributed by atoms with Crippen LogP contribution in [0.25, 0.3) is 0 Å². The highest BCUT2D eigenvalue weighted by molar-refractivity contribution is 5.80. The summed E-state index contributed by atoms with van der Waals surface area (Å²) in [6.07, 6.45) is 0.446. The maximum absolute atomic E-state index is 12.4. The minimum absolute atomic E-state index is 0.0453. The Morgan fingerprint density at radius 1 is 1.20 bits per heavy atom. The molecule has 3 rings (SSSR count). The zero-order chi connectivity index (χ0) is 17.8. The normalized spacial score (nSPS) is 25.1. The van der Waals surface area contributed by atoms with Crippen LogP contribution in [0.15, 0.2) is 30.3 Å². The molecule has 25 heavy (non-hydrogen) atoms. The number of likely N-dealkylation sites (tertiary alicyclic amines) is 1. The van der Waals surface area contributed by atoms with E-state index in [1.165, 1.54) is 0 Å². The van der Waals surface area contributed by atoms with E-state index >= 15 is 0 Å². The van der Waals surface area contributed by atoms with Crippen LogP contribution in [0.5, 0.6) is 0 Å². The van der Waals surface area contributed by atoms with E-state index < -0.39 is 0 Å². The molecular formula is C19H27N3O3. The van der Waals surface area contributed by atoms with E-state index in [4.69, 9.17) is 4.74 Å². The molecule has 1 aromatic carbocycles. The van der Waals surface area contributed by atoms with Gasteiger partial charge in [-0.25, -0.2) is 4.79 Å². The number of carbonyl (C=O) groups is 2. The van der Waals surface area contributed by atoms with Gasteiger partial charge in [0.15, 0.2) is 0 Å². The number of ether oxygens (including phenoxy) is 1. The fourth-order valence-electron chi connectivity index (χ4n) is 3.42. The lowest BCUT2D eigenvalue weighted by Gasteiger charge is -2.32. The smallest absolute Gasteiger partial charge is 0.317 e. The second-order valence-corrected chi connectivity index (χ2v) is 7.33. The van der Waals surface area contributed by atoms with Crippen molar-refractivity contribution in [1.29, 1.82) is 0 Å². The summed E-state index contributed by atoms with van der Waals surface area (Å²) >= 11 is 0. The lowest BCUT2D eigenvalue weighted by atomic mass is 9.99. The molecule has 0 aromatic heterocycles. The fourth-order valence-corrected chi connectivity index (χ4v) is 3.42. The summed E-state index contributed by atoms with van der Waals surface area (Å²) in [6, 6.07) is 9.74. The number of carbonyl (C=O) groups excluding carboxylic acids is 2. The van der Waals surface area contributed by atoms with E-state index in [2.05, 4.69) is 24.5 Å². The van der Waals surface area contributed by atoms with E-state index in [0.717, 1.165) is 5.56 Å². The van der Waals surface area contributed by atoms with Crippen LogP contribution in [0, 0.1) is 11.8 Å². The number of fused-ring (bicyclic) bond motifs is 2. The first-order valence-electron chi connectivity index (χ1n) is 9.03. The quantitative estimate of drug-likeness (QED) is 0.854. The Morgan fingerprint density at radius 3 is 2.68 bits per heavy atom. The third-order valence-corrected chi connectivity index (χ3v) is 4.75. The molecule has 0 saturated carbocycles. The summed E-state index contributed by atoms with van der Waals surface area (Å²) in [6.45, 7) is 6.34. The van der Waals surface area contributed by atoms with E-state index in [9.17, 15) is 9.59 Å². The highest BCUT2D eigenvalue weighted by atomic mass is 16.5. The molecule has 3 atom stereocenters. The van der Waals surface area contributed by atoms with Gasteiger partial charge in [0.05, 0.1) is 18.1 Å². The van der Waals surface area contributed by atoms with Crippen molar-refractivity contribution >= 4 is 11.9 Å². The lowest BCUT2D eigenvalue weighted by Crippen LogP contribution is -2.51. The minimum atomic E-state index is -0.201. The van der Waals surface area contributed by atoms with Gasteiger partial charge < -0.3 is 20.3 Å². The first-order valence-corrected chi connectivity index (χ1v) is 9.03. The molecule has 6 heteroatoms. The van der Waals surface area contributed by atoms with Crippen molar-refractivity contribution in [1.82, 2.24) is 15.5 Å². The molecule has 6 nitrogen and oxygen atoms in total. The van der Waals surface area contributed by atoms with Crippen molar-refractivity contribution < 1.29 is 14.3 Å². The second-order valence-electron chi connectivity index (χ2n) is 7.33. The SMILES string of the molecule is CC(C)CNC(=O)[C@H]1C[C@@H]2CN(C(=O)NCc3ccccc3)C[C@H]1O2. The molecule has 2 saturated heterocycles. The third-order valence-electron chi connectivity index (χ3n) is 4.75. The van der Waals surface area contributed by atoms with Crippen LogP contribution >= 0.6 is 0 Å². The van der Waals surface area contributed by atoms with Gasteiger partial charge in [0.1, 0.15) is 0 Å². The minimum Gasteiger partial charge on any atom is -0.370 e. The summed E-state index contributed by atoms with van der Waals surface area (Å²) in [5.41, 5.74) is 1.07. The van der Waals surface area contributed by atoms with E-state index in [-0.39, 0.29) is 30.1 Å². The first-order chi connectivity index (χ1) is 12.0. The Morgan fingerprint density at radius 2 is 1.96 bits per heavy atom. The van der Waals surface area contributed by atoms with Crippen LogP contribution in [0.3, 0.4) is 0 Å². The van der Waals surface area contributed by atoms with Gasteiger partial charge in [-0.05, 0) is 17.9 Å². The molecule has 2 fully saturated rings. The van der Waals surface area contributed by atoms with Crippen molar-refractivity contribution in [3.8, 4) is 0 Å². The average Bonchev–Trinajstić information content (AvgIpc) is 2.92. The van der Waals surface area contributed by atoms with Crippen molar-refractivity contribution in [2.45, 2.75) is 39.0 Å².